The van der Waals surface area contributed by atoms with Crippen LogP contribution in [0.3, 0.4) is 0 Å². The second kappa shape index (κ2) is 11.1. The van der Waals surface area contributed by atoms with Gasteiger partial charge in [-0.1, -0.05) is 63.3 Å². The highest BCUT2D eigenvalue weighted by molar-refractivity contribution is 6.74. The smallest absolute Gasteiger partial charge is 0.192 e. The van der Waals surface area contributed by atoms with Crippen molar-refractivity contribution in [3.8, 4) is 0 Å². The Morgan fingerprint density at radius 1 is 1.09 bits per heavy atom. The van der Waals surface area contributed by atoms with Gasteiger partial charge >= 0.3 is 0 Å². The molecule has 5 nitrogen and oxygen atoms in total. The minimum Gasteiger partial charge on any atom is -0.409 e. The largest absolute Gasteiger partial charge is 0.409 e. The molecule has 0 unspecified atom stereocenters. The average Bonchev–Trinajstić information content (AvgIpc) is 2.82. The molecule has 0 spiro atoms. The van der Waals surface area contributed by atoms with Gasteiger partial charge in [-0.05, 0) is 56.8 Å². The van der Waals surface area contributed by atoms with Crippen molar-refractivity contribution >= 4 is 8.32 Å². The quantitative estimate of drug-likeness (QED) is 0.344. The molecule has 2 heterocycles. The summed E-state index contributed by atoms with van der Waals surface area (Å²) in [6, 6.07) is 10.3. The molecule has 1 saturated heterocycles. The minimum atomic E-state index is -2.04. The maximum atomic E-state index is 6.91. The summed E-state index contributed by atoms with van der Waals surface area (Å²) in [4.78, 5) is 0. The Labute approximate surface area is 201 Å². The summed E-state index contributed by atoms with van der Waals surface area (Å²) in [6.45, 7) is 16.9. The van der Waals surface area contributed by atoms with Crippen molar-refractivity contribution in [1.29, 1.82) is 0 Å². The van der Waals surface area contributed by atoms with Crippen LogP contribution >= 0.6 is 0 Å². The molecule has 2 aliphatic rings. The summed E-state index contributed by atoms with van der Waals surface area (Å²) >= 11 is 0. The van der Waals surface area contributed by atoms with Gasteiger partial charge in [0.1, 0.15) is 6.10 Å². The van der Waals surface area contributed by atoms with Gasteiger partial charge < -0.3 is 23.4 Å². The van der Waals surface area contributed by atoms with Crippen LogP contribution in [0.15, 0.2) is 42.5 Å². The first-order valence-corrected chi connectivity index (χ1v) is 15.3. The van der Waals surface area contributed by atoms with E-state index < -0.39 is 14.1 Å². The fourth-order valence-electron chi connectivity index (χ4n) is 4.00. The van der Waals surface area contributed by atoms with E-state index in [1.807, 2.05) is 32.0 Å². The van der Waals surface area contributed by atoms with Gasteiger partial charge in [0.2, 0.25) is 0 Å². The third-order valence-corrected chi connectivity index (χ3v) is 11.5. The van der Waals surface area contributed by atoms with Gasteiger partial charge in [-0.25, -0.2) is 0 Å². The molecule has 1 fully saturated rings. The summed E-state index contributed by atoms with van der Waals surface area (Å²) in [5.41, 5.74) is 1.16. The van der Waals surface area contributed by atoms with Gasteiger partial charge in [-0.2, -0.15) is 0 Å². The van der Waals surface area contributed by atoms with Crippen LogP contribution < -0.4 is 0 Å². The Kier molecular flexibility index (Phi) is 8.98. The molecule has 6 heteroatoms. The molecule has 0 aromatic heterocycles. The molecule has 1 aromatic carbocycles. The van der Waals surface area contributed by atoms with Gasteiger partial charge in [0.05, 0.1) is 38.1 Å². The fourth-order valence-corrected chi connectivity index (χ4v) is 5.33. The Hall–Kier alpha value is -1.02. The second-order valence-electron chi connectivity index (χ2n) is 11.3. The van der Waals surface area contributed by atoms with Crippen LogP contribution in [0.4, 0.5) is 0 Å². The molecule has 0 radical (unpaired) electrons. The molecule has 0 aliphatic carbocycles. The molecule has 4 atom stereocenters. The minimum absolute atomic E-state index is 0.0118. The van der Waals surface area contributed by atoms with Crippen molar-refractivity contribution in [1.82, 2.24) is 0 Å². The highest BCUT2D eigenvalue weighted by atomic mass is 28.4. The molecule has 0 N–H and O–H groups in total. The van der Waals surface area contributed by atoms with E-state index in [0.29, 0.717) is 19.8 Å². The van der Waals surface area contributed by atoms with Crippen molar-refractivity contribution in [2.45, 2.75) is 109 Å². The lowest BCUT2D eigenvalue weighted by Gasteiger charge is -2.44. The van der Waals surface area contributed by atoms with E-state index in [0.717, 1.165) is 24.8 Å². The Bertz CT molecular complexity index is 756. The van der Waals surface area contributed by atoms with E-state index in [1.165, 1.54) is 0 Å². The standard InChI is InChI=1S/C27H44O5Si/c1-26(2,3)33(6,7)32-25(19-28-18-21-14-10-8-11-15-21)22-16-12-9-13-17-23-24(30-22)20-29-27(4,5)31-23/h8-12,14-15,22-25H,13,16-20H2,1-7H3/b12-9-/t22-,23-,24+,25-/m1/s1. The molecule has 0 amide bonds. The Morgan fingerprint density at radius 2 is 1.82 bits per heavy atom. The fraction of sp³-hybridized carbons (Fsp3) is 0.704. The van der Waals surface area contributed by atoms with Gasteiger partial charge in [-0.15, -0.1) is 0 Å². The van der Waals surface area contributed by atoms with E-state index in [-0.39, 0.29) is 29.5 Å². The highest BCUT2D eigenvalue weighted by Crippen LogP contribution is 2.38. The van der Waals surface area contributed by atoms with Gasteiger partial charge in [-0.3, -0.25) is 0 Å². The van der Waals surface area contributed by atoms with Crippen LogP contribution in [-0.4, -0.2) is 51.7 Å². The van der Waals surface area contributed by atoms with Crippen molar-refractivity contribution in [3.63, 3.8) is 0 Å². The molecule has 0 saturated carbocycles. The van der Waals surface area contributed by atoms with Crippen LogP contribution in [0.25, 0.3) is 0 Å². The van der Waals surface area contributed by atoms with Crippen molar-refractivity contribution in [2.75, 3.05) is 13.2 Å². The van der Waals surface area contributed by atoms with Crippen LogP contribution in [0.5, 0.6) is 0 Å². The van der Waals surface area contributed by atoms with Crippen LogP contribution in [-0.2, 0) is 30.0 Å². The molecule has 186 valence electrons. The number of fused-ring (bicyclic) bond motifs is 1. The first-order valence-electron chi connectivity index (χ1n) is 12.4. The SMILES string of the molecule is CC1(C)OC[C@@H]2O[C@@H]([C@@H](COCc3ccccc3)O[Si](C)(C)C(C)(C)C)C/C=C\CC[C@H]2O1. The number of hydrogen-bond donors (Lipinski definition) is 0. The summed E-state index contributed by atoms with van der Waals surface area (Å²) in [5.74, 6) is -0.576. The zero-order valence-corrected chi connectivity index (χ0v) is 22.6. The molecule has 2 aliphatic heterocycles. The van der Waals surface area contributed by atoms with Crippen LogP contribution in [0, 0.1) is 0 Å². The number of benzene rings is 1. The third-order valence-electron chi connectivity index (χ3n) is 7.01. The molecular weight excluding hydrogens is 432 g/mol. The van der Waals surface area contributed by atoms with Crippen LogP contribution in [0.2, 0.25) is 18.1 Å². The normalized spacial score (nSPS) is 28.2. The molecule has 1 aromatic rings. The second-order valence-corrected chi connectivity index (χ2v) is 16.0. The predicted molar refractivity (Wildman–Crippen MR) is 135 cm³/mol. The van der Waals surface area contributed by atoms with E-state index in [9.17, 15) is 0 Å². The molecule has 0 bridgehead atoms. The third kappa shape index (κ3) is 7.74. The van der Waals surface area contributed by atoms with Gasteiger partial charge in [0.15, 0.2) is 14.1 Å². The van der Waals surface area contributed by atoms with Crippen molar-refractivity contribution in [3.05, 3.63) is 48.0 Å². The Morgan fingerprint density at radius 3 is 2.52 bits per heavy atom. The monoisotopic (exact) mass is 476 g/mol. The van der Waals surface area contributed by atoms with Crippen LogP contribution in [0.1, 0.15) is 59.4 Å². The van der Waals surface area contributed by atoms with E-state index in [2.05, 4.69) is 58.2 Å². The number of rotatable bonds is 7. The lowest BCUT2D eigenvalue weighted by molar-refractivity contribution is -0.318. The maximum Gasteiger partial charge on any atom is 0.192 e. The molecule has 33 heavy (non-hydrogen) atoms. The van der Waals surface area contributed by atoms with Crippen molar-refractivity contribution in [2.24, 2.45) is 0 Å². The van der Waals surface area contributed by atoms with Crippen molar-refractivity contribution < 1.29 is 23.4 Å². The summed E-state index contributed by atoms with van der Waals surface area (Å²) < 4.78 is 32.0. The first kappa shape index (κ1) is 26.6. The molecular formula is C27H44O5Si. The summed E-state index contributed by atoms with van der Waals surface area (Å²) in [6.07, 6.45) is 6.80. The molecule has 3 rings (SSSR count). The zero-order chi connectivity index (χ0) is 24.1. The van der Waals surface area contributed by atoms with E-state index >= 15 is 0 Å². The topological polar surface area (TPSA) is 46.2 Å². The number of ether oxygens (including phenoxy) is 4. The zero-order valence-electron chi connectivity index (χ0n) is 21.6. The van der Waals surface area contributed by atoms with Gasteiger partial charge in [0.25, 0.3) is 0 Å². The lowest BCUT2D eigenvalue weighted by Crippen LogP contribution is -2.54. The maximum absolute atomic E-state index is 6.91. The van der Waals surface area contributed by atoms with E-state index in [4.69, 9.17) is 23.4 Å². The average molecular weight is 477 g/mol. The first-order chi connectivity index (χ1) is 15.5. The predicted octanol–water partition coefficient (Wildman–Crippen LogP) is 6.24. The number of allylic oxidation sites excluding steroid dienone is 1. The summed E-state index contributed by atoms with van der Waals surface area (Å²) in [5, 5.41) is 0.0998. The summed E-state index contributed by atoms with van der Waals surface area (Å²) in [7, 11) is -2.04. The Balaban J connectivity index is 1.77. The lowest BCUT2D eigenvalue weighted by atomic mass is 10.1. The highest BCUT2D eigenvalue weighted by Gasteiger charge is 2.43. The number of hydrogen-bond acceptors (Lipinski definition) is 5. The van der Waals surface area contributed by atoms with E-state index in [1.54, 1.807) is 0 Å². The van der Waals surface area contributed by atoms with Gasteiger partial charge in [0, 0.05) is 0 Å².